The van der Waals surface area contributed by atoms with E-state index >= 15 is 0 Å². The molecule has 0 bridgehead atoms. The fraction of sp³-hybridized carbons (Fsp3) is 0.615. The first-order valence-electron chi connectivity index (χ1n) is 6.58. The average Bonchev–Trinajstić information content (AvgIpc) is 2.85. The third kappa shape index (κ3) is 2.21. The Morgan fingerprint density at radius 1 is 1.42 bits per heavy atom. The Morgan fingerprint density at radius 2 is 2.26 bits per heavy atom. The summed E-state index contributed by atoms with van der Waals surface area (Å²) in [5.41, 5.74) is 0.389. The van der Waals surface area contributed by atoms with Crippen LogP contribution in [0.5, 0.6) is 0 Å². The van der Waals surface area contributed by atoms with Crippen LogP contribution in [0, 0.1) is 6.92 Å². The normalized spacial score (nSPS) is 26.3. The Balaban J connectivity index is 2.03. The fourth-order valence-corrected chi connectivity index (χ4v) is 3.29. The highest BCUT2D eigenvalue weighted by atomic mass is 35.5. The van der Waals surface area contributed by atoms with E-state index in [1.54, 1.807) is 6.92 Å². The molecule has 1 aliphatic heterocycles. The van der Waals surface area contributed by atoms with Gasteiger partial charge in [0.05, 0.1) is 24.3 Å². The zero-order valence-corrected chi connectivity index (χ0v) is 11.6. The number of carbonyl (C=O) groups excluding carboxylic acids is 1. The second-order valence-electron chi connectivity index (χ2n) is 5.02. The summed E-state index contributed by atoms with van der Waals surface area (Å²) in [7, 11) is 0. The topological polar surface area (TPSA) is 55.3 Å². The van der Waals surface area contributed by atoms with Crippen LogP contribution in [0.25, 0.3) is 0 Å². The maximum atomic E-state index is 11.3. The van der Waals surface area contributed by atoms with Crippen LogP contribution < -0.4 is 4.90 Å². The van der Waals surface area contributed by atoms with E-state index in [1.807, 2.05) is 0 Å². The van der Waals surface area contributed by atoms with Crippen LogP contribution in [0.3, 0.4) is 0 Å². The van der Waals surface area contributed by atoms with Gasteiger partial charge in [-0.05, 0) is 26.2 Å². The highest BCUT2D eigenvalue weighted by molar-refractivity contribution is 6.32. The van der Waals surface area contributed by atoms with Crippen LogP contribution in [0.1, 0.15) is 35.4 Å². The molecule has 6 heteroatoms. The average molecular weight is 282 g/mol. The molecule has 0 amide bonds. The van der Waals surface area contributed by atoms with Crippen LogP contribution in [-0.4, -0.2) is 41.6 Å². The number of morpholine rings is 1. The quantitative estimate of drug-likeness (QED) is 0.613. The lowest BCUT2D eigenvalue weighted by Crippen LogP contribution is -2.49. The molecule has 0 N–H and O–H groups in total. The molecule has 2 unspecified atom stereocenters. The number of aryl methyl sites for hydroxylation is 1. The molecule has 2 fully saturated rings. The predicted octanol–water partition coefficient (Wildman–Crippen LogP) is 2.01. The summed E-state index contributed by atoms with van der Waals surface area (Å²) in [6, 6.07) is 0.304. The van der Waals surface area contributed by atoms with Crippen LogP contribution >= 0.6 is 11.6 Å². The van der Waals surface area contributed by atoms with E-state index in [1.165, 1.54) is 0 Å². The van der Waals surface area contributed by atoms with Crippen LogP contribution in [0.15, 0.2) is 0 Å². The van der Waals surface area contributed by atoms with Gasteiger partial charge in [-0.1, -0.05) is 11.6 Å². The van der Waals surface area contributed by atoms with Gasteiger partial charge in [0.15, 0.2) is 6.29 Å². The first kappa shape index (κ1) is 12.8. The molecule has 2 atom stereocenters. The Hall–Kier alpha value is -1.20. The first-order chi connectivity index (χ1) is 9.20. The van der Waals surface area contributed by atoms with Gasteiger partial charge in [0.1, 0.15) is 16.8 Å². The van der Waals surface area contributed by atoms with Gasteiger partial charge >= 0.3 is 0 Å². The standard InChI is InChI=1S/C13H16ClN3O2/c1-8-15-12(14)9(7-18)13(16-8)17-5-6-19-11-4-2-3-10(11)17/h7,10-11H,2-6H2,1H3. The largest absolute Gasteiger partial charge is 0.374 e. The Morgan fingerprint density at radius 3 is 3.05 bits per heavy atom. The number of fused-ring (bicyclic) bond motifs is 1. The number of ether oxygens (including phenoxy) is 1. The van der Waals surface area contributed by atoms with Crippen molar-refractivity contribution in [2.75, 3.05) is 18.1 Å². The predicted molar refractivity (Wildman–Crippen MR) is 71.9 cm³/mol. The van der Waals surface area contributed by atoms with E-state index in [-0.39, 0.29) is 11.3 Å². The summed E-state index contributed by atoms with van der Waals surface area (Å²) in [4.78, 5) is 21.9. The van der Waals surface area contributed by atoms with Crippen molar-refractivity contribution in [3.8, 4) is 0 Å². The van der Waals surface area contributed by atoms with Crippen LogP contribution in [0.2, 0.25) is 5.15 Å². The third-order valence-corrected chi connectivity index (χ3v) is 4.15. The Kier molecular flexibility index (Phi) is 3.41. The lowest BCUT2D eigenvalue weighted by Gasteiger charge is -2.39. The molecule has 1 aliphatic carbocycles. The number of carbonyl (C=O) groups is 1. The van der Waals surface area contributed by atoms with Gasteiger partial charge in [0.2, 0.25) is 0 Å². The van der Waals surface area contributed by atoms with Gasteiger partial charge in [-0.2, -0.15) is 0 Å². The van der Waals surface area contributed by atoms with Gasteiger partial charge in [-0.3, -0.25) is 4.79 Å². The molecule has 1 aromatic rings. The summed E-state index contributed by atoms with van der Waals surface area (Å²) in [5.74, 6) is 1.25. The van der Waals surface area contributed by atoms with E-state index < -0.39 is 0 Å². The van der Waals surface area contributed by atoms with E-state index in [0.717, 1.165) is 32.1 Å². The van der Waals surface area contributed by atoms with Crippen LogP contribution in [-0.2, 0) is 4.74 Å². The maximum absolute atomic E-state index is 11.3. The molecular weight excluding hydrogens is 266 g/mol. The number of rotatable bonds is 2. The summed E-state index contributed by atoms with van der Waals surface area (Å²) in [6.07, 6.45) is 4.30. The SMILES string of the molecule is Cc1nc(Cl)c(C=O)c(N2CCOC3CCCC32)n1. The van der Waals surface area contributed by atoms with Crippen molar-refractivity contribution in [3.63, 3.8) is 0 Å². The number of halogens is 1. The minimum Gasteiger partial charge on any atom is -0.374 e. The third-order valence-electron chi connectivity index (χ3n) is 3.86. The van der Waals surface area contributed by atoms with Gasteiger partial charge in [-0.15, -0.1) is 0 Å². The van der Waals surface area contributed by atoms with Crippen molar-refractivity contribution >= 4 is 23.7 Å². The van der Waals surface area contributed by atoms with Crippen molar-refractivity contribution in [3.05, 3.63) is 16.5 Å². The molecule has 0 spiro atoms. The summed E-state index contributed by atoms with van der Waals surface area (Å²) in [5, 5.41) is 0.235. The number of aromatic nitrogens is 2. The highest BCUT2D eigenvalue weighted by Gasteiger charge is 2.37. The maximum Gasteiger partial charge on any atom is 0.156 e. The monoisotopic (exact) mass is 281 g/mol. The fourth-order valence-electron chi connectivity index (χ4n) is 3.04. The van der Waals surface area contributed by atoms with Crippen molar-refractivity contribution in [2.24, 2.45) is 0 Å². The molecule has 3 rings (SSSR count). The molecule has 1 saturated heterocycles. The van der Waals surface area contributed by atoms with E-state index in [0.29, 0.717) is 29.9 Å². The van der Waals surface area contributed by atoms with E-state index in [9.17, 15) is 4.79 Å². The van der Waals surface area contributed by atoms with Crippen molar-refractivity contribution < 1.29 is 9.53 Å². The van der Waals surface area contributed by atoms with Gasteiger partial charge < -0.3 is 9.64 Å². The lowest BCUT2D eigenvalue weighted by atomic mass is 10.1. The van der Waals surface area contributed by atoms with Crippen LogP contribution in [0.4, 0.5) is 5.82 Å². The van der Waals surface area contributed by atoms with Crippen molar-refractivity contribution in [1.29, 1.82) is 0 Å². The number of nitrogens with zero attached hydrogens (tertiary/aromatic N) is 3. The van der Waals surface area contributed by atoms with E-state index in [4.69, 9.17) is 16.3 Å². The minimum absolute atomic E-state index is 0.235. The second-order valence-corrected chi connectivity index (χ2v) is 5.38. The van der Waals surface area contributed by atoms with Gasteiger partial charge in [0.25, 0.3) is 0 Å². The van der Waals surface area contributed by atoms with Crippen molar-refractivity contribution in [2.45, 2.75) is 38.3 Å². The molecule has 1 saturated carbocycles. The lowest BCUT2D eigenvalue weighted by molar-refractivity contribution is 0.0252. The number of anilines is 1. The zero-order chi connectivity index (χ0) is 13.4. The molecular formula is C13H16ClN3O2. The molecule has 1 aromatic heterocycles. The number of hydrogen-bond donors (Lipinski definition) is 0. The molecule has 2 aliphatic rings. The zero-order valence-electron chi connectivity index (χ0n) is 10.8. The first-order valence-corrected chi connectivity index (χ1v) is 6.96. The Bertz CT molecular complexity index is 509. The summed E-state index contributed by atoms with van der Waals surface area (Å²) in [6.45, 7) is 3.20. The molecule has 19 heavy (non-hydrogen) atoms. The van der Waals surface area contributed by atoms with Gasteiger partial charge in [0, 0.05) is 6.54 Å². The van der Waals surface area contributed by atoms with E-state index in [2.05, 4.69) is 14.9 Å². The summed E-state index contributed by atoms with van der Waals surface area (Å²) >= 11 is 6.06. The molecule has 5 nitrogen and oxygen atoms in total. The second kappa shape index (κ2) is 5.06. The minimum atomic E-state index is 0.235. The number of hydrogen-bond acceptors (Lipinski definition) is 5. The molecule has 0 radical (unpaired) electrons. The molecule has 102 valence electrons. The molecule has 2 heterocycles. The number of aldehydes is 1. The molecule has 0 aromatic carbocycles. The van der Waals surface area contributed by atoms with Gasteiger partial charge in [-0.25, -0.2) is 9.97 Å². The Labute approximate surface area is 116 Å². The highest BCUT2D eigenvalue weighted by Crippen LogP contribution is 2.34. The summed E-state index contributed by atoms with van der Waals surface area (Å²) < 4.78 is 5.78. The van der Waals surface area contributed by atoms with Crippen molar-refractivity contribution in [1.82, 2.24) is 9.97 Å². The smallest absolute Gasteiger partial charge is 0.156 e.